The summed E-state index contributed by atoms with van der Waals surface area (Å²) in [5, 5.41) is 7.30. The molecular formula is C14H20N4OS. The van der Waals surface area contributed by atoms with E-state index in [1.54, 1.807) is 11.3 Å². The van der Waals surface area contributed by atoms with Gasteiger partial charge in [0.2, 0.25) is 0 Å². The molecule has 0 radical (unpaired) electrons. The Morgan fingerprint density at radius 2 is 2.25 bits per heavy atom. The lowest BCUT2D eigenvalue weighted by atomic mass is 10.3. The Kier molecular flexibility index (Phi) is 5.31. The molecule has 0 bridgehead atoms. The Bertz CT molecular complexity index is 530. The first-order chi connectivity index (χ1) is 9.72. The van der Waals surface area contributed by atoms with Crippen molar-refractivity contribution < 1.29 is 4.74 Å². The van der Waals surface area contributed by atoms with Crippen molar-refractivity contribution >= 4 is 23.0 Å². The van der Waals surface area contributed by atoms with Gasteiger partial charge in [-0.2, -0.15) is 11.3 Å². The number of aromatic nitrogens is 2. The molecule has 5 nitrogen and oxygen atoms in total. The summed E-state index contributed by atoms with van der Waals surface area (Å²) in [7, 11) is 3.89. The highest BCUT2D eigenvalue weighted by Gasteiger charge is 2.09. The molecule has 2 heterocycles. The van der Waals surface area contributed by atoms with E-state index >= 15 is 0 Å². The second-order valence-corrected chi connectivity index (χ2v) is 5.18. The van der Waals surface area contributed by atoms with E-state index in [4.69, 9.17) is 4.74 Å². The molecule has 0 aliphatic carbocycles. The molecule has 2 aromatic rings. The molecule has 0 aliphatic rings. The van der Waals surface area contributed by atoms with E-state index in [0.29, 0.717) is 19.0 Å². The molecule has 2 rings (SSSR count). The van der Waals surface area contributed by atoms with Crippen LogP contribution in [-0.2, 0) is 17.9 Å². The van der Waals surface area contributed by atoms with Crippen LogP contribution in [0.4, 0.5) is 11.6 Å². The number of ether oxygens (including phenoxy) is 1. The lowest BCUT2D eigenvalue weighted by Crippen LogP contribution is -2.19. The van der Waals surface area contributed by atoms with Gasteiger partial charge in [-0.3, -0.25) is 0 Å². The van der Waals surface area contributed by atoms with Gasteiger partial charge in [0.1, 0.15) is 18.2 Å². The fourth-order valence-electron chi connectivity index (χ4n) is 1.80. The van der Waals surface area contributed by atoms with Crippen LogP contribution in [0.1, 0.15) is 18.3 Å². The van der Waals surface area contributed by atoms with Crippen LogP contribution in [0.2, 0.25) is 0 Å². The van der Waals surface area contributed by atoms with Gasteiger partial charge < -0.3 is 15.0 Å². The Balaban J connectivity index is 2.16. The van der Waals surface area contributed by atoms with Crippen LogP contribution in [-0.4, -0.2) is 30.7 Å². The zero-order valence-corrected chi connectivity index (χ0v) is 12.9. The maximum Gasteiger partial charge on any atom is 0.158 e. The second kappa shape index (κ2) is 7.21. The first-order valence-electron chi connectivity index (χ1n) is 6.58. The average Bonchev–Trinajstić information content (AvgIpc) is 2.97. The van der Waals surface area contributed by atoms with Gasteiger partial charge in [-0.05, 0) is 29.3 Å². The Morgan fingerprint density at radius 3 is 2.90 bits per heavy atom. The smallest absolute Gasteiger partial charge is 0.158 e. The standard InChI is InChI=1S/C14H20N4OS/c1-4-19-9-13-16-12(15-2)7-14(17-13)18(3)8-11-5-6-20-10-11/h5-7,10H,4,8-9H2,1-3H3,(H,15,16,17). The molecule has 0 spiro atoms. The maximum absolute atomic E-state index is 5.39. The molecule has 0 amide bonds. The topological polar surface area (TPSA) is 50.3 Å². The van der Waals surface area contributed by atoms with E-state index in [-0.39, 0.29) is 0 Å². The summed E-state index contributed by atoms with van der Waals surface area (Å²) < 4.78 is 5.39. The average molecular weight is 292 g/mol. The van der Waals surface area contributed by atoms with Gasteiger partial charge in [0.25, 0.3) is 0 Å². The van der Waals surface area contributed by atoms with Crippen LogP contribution < -0.4 is 10.2 Å². The largest absolute Gasteiger partial charge is 0.374 e. The summed E-state index contributed by atoms with van der Waals surface area (Å²) >= 11 is 1.71. The summed E-state index contributed by atoms with van der Waals surface area (Å²) in [5.41, 5.74) is 1.29. The van der Waals surface area contributed by atoms with Crippen LogP contribution in [0.25, 0.3) is 0 Å². The Labute approximate surface area is 123 Å². The summed E-state index contributed by atoms with van der Waals surface area (Å²) in [5.74, 6) is 2.40. The molecule has 0 unspecified atom stereocenters. The number of anilines is 2. The first-order valence-corrected chi connectivity index (χ1v) is 7.53. The van der Waals surface area contributed by atoms with Gasteiger partial charge in [0.15, 0.2) is 5.82 Å². The number of thiophene rings is 1. The van der Waals surface area contributed by atoms with E-state index in [0.717, 1.165) is 18.2 Å². The predicted molar refractivity (Wildman–Crippen MR) is 83.3 cm³/mol. The SMILES string of the molecule is CCOCc1nc(NC)cc(N(C)Cc2ccsc2)n1. The van der Waals surface area contributed by atoms with Crippen molar-refractivity contribution in [3.63, 3.8) is 0 Å². The quantitative estimate of drug-likeness (QED) is 0.850. The second-order valence-electron chi connectivity index (χ2n) is 4.40. The van der Waals surface area contributed by atoms with Crippen LogP contribution in [0.3, 0.4) is 0 Å². The molecule has 108 valence electrons. The van der Waals surface area contributed by atoms with E-state index in [9.17, 15) is 0 Å². The van der Waals surface area contributed by atoms with Crippen LogP contribution >= 0.6 is 11.3 Å². The number of hydrogen-bond acceptors (Lipinski definition) is 6. The zero-order valence-electron chi connectivity index (χ0n) is 12.1. The number of nitrogens with one attached hydrogen (secondary N) is 1. The highest BCUT2D eigenvalue weighted by molar-refractivity contribution is 7.07. The third-order valence-corrected chi connectivity index (χ3v) is 3.57. The fraction of sp³-hybridized carbons (Fsp3) is 0.429. The van der Waals surface area contributed by atoms with E-state index < -0.39 is 0 Å². The summed E-state index contributed by atoms with van der Waals surface area (Å²) in [4.78, 5) is 11.1. The van der Waals surface area contributed by atoms with E-state index in [1.165, 1.54) is 5.56 Å². The van der Waals surface area contributed by atoms with Crippen molar-refractivity contribution in [1.82, 2.24) is 9.97 Å². The molecule has 2 aromatic heterocycles. The molecule has 20 heavy (non-hydrogen) atoms. The van der Waals surface area contributed by atoms with E-state index in [1.807, 2.05) is 27.1 Å². The molecular weight excluding hydrogens is 272 g/mol. The Morgan fingerprint density at radius 1 is 1.40 bits per heavy atom. The van der Waals surface area contributed by atoms with Crippen LogP contribution in [0.5, 0.6) is 0 Å². The zero-order chi connectivity index (χ0) is 14.4. The minimum absolute atomic E-state index is 0.436. The van der Waals surface area contributed by atoms with Gasteiger partial charge in [-0.25, -0.2) is 9.97 Å². The molecule has 0 saturated heterocycles. The van der Waals surface area contributed by atoms with Crippen molar-refractivity contribution in [2.24, 2.45) is 0 Å². The van der Waals surface area contributed by atoms with Gasteiger partial charge in [-0.15, -0.1) is 0 Å². The van der Waals surface area contributed by atoms with Crippen molar-refractivity contribution in [3.05, 3.63) is 34.3 Å². The van der Waals surface area contributed by atoms with Crippen molar-refractivity contribution in [3.8, 4) is 0 Å². The number of nitrogens with zero attached hydrogens (tertiary/aromatic N) is 3. The third kappa shape index (κ3) is 3.91. The van der Waals surface area contributed by atoms with Crippen molar-refractivity contribution in [2.75, 3.05) is 30.9 Å². The summed E-state index contributed by atoms with van der Waals surface area (Å²) in [6.07, 6.45) is 0. The molecule has 0 atom stereocenters. The van der Waals surface area contributed by atoms with Gasteiger partial charge in [0, 0.05) is 33.3 Å². The van der Waals surface area contributed by atoms with Crippen LogP contribution in [0, 0.1) is 0 Å². The van der Waals surface area contributed by atoms with Crippen LogP contribution in [0.15, 0.2) is 22.9 Å². The molecule has 0 aromatic carbocycles. The summed E-state index contributed by atoms with van der Waals surface area (Å²) in [6, 6.07) is 4.07. The first kappa shape index (κ1) is 14.7. The lowest BCUT2D eigenvalue weighted by molar-refractivity contribution is 0.128. The normalized spacial score (nSPS) is 10.6. The molecule has 0 aliphatic heterocycles. The van der Waals surface area contributed by atoms with Gasteiger partial charge in [-0.1, -0.05) is 0 Å². The lowest BCUT2D eigenvalue weighted by Gasteiger charge is -2.19. The minimum atomic E-state index is 0.436. The van der Waals surface area contributed by atoms with Gasteiger partial charge >= 0.3 is 0 Å². The van der Waals surface area contributed by atoms with Crippen molar-refractivity contribution in [1.29, 1.82) is 0 Å². The predicted octanol–water partition coefficient (Wildman–Crippen LogP) is 2.75. The van der Waals surface area contributed by atoms with Gasteiger partial charge in [0.05, 0.1) is 0 Å². The number of rotatable bonds is 7. The molecule has 0 saturated carbocycles. The number of hydrogen-bond donors (Lipinski definition) is 1. The monoisotopic (exact) mass is 292 g/mol. The van der Waals surface area contributed by atoms with Crippen molar-refractivity contribution in [2.45, 2.75) is 20.1 Å². The molecule has 6 heteroatoms. The Hall–Kier alpha value is -1.66. The fourth-order valence-corrected chi connectivity index (χ4v) is 2.46. The highest BCUT2D eigenvalue weighted by atomic mass is 32.1. The minimum Gasteiger partial charge on any atom is -0.374 e. The molecule has 0 fully saturated rings. The molecule has 1 N–H and O–H groups in total. The highest BCUT2D eigenvalue weighted by Crippen LogP contribution is 2.18. The third-order valence-electron chi connectivity index (χ3n) is 2.84. The maximum atomic E-state index is 5.39. The summed E-state index contributed by atoms with van der Waals surface area (Å²) in [6.45, 7) is 3.89. The van der Waals surface area contributed by atoms with E-state index in [2.05, 4.69) is 37.0 Å².